The number of rotatable bonds is 16. The van der Waals surface area contributed by atoms with Crippen LogP contribution in [-0.4, -0.2) is 29.6 Å². The predicted octanol–water partition coefficient (Wildman–Crippen LogP) is 4.90. The molecule has 4 heteroatoms. The van der Waals surface area contributed by atoms with E-state index in [0.717, 1.165) is 19.3 Å². The molecule has 0 aliphatic carbocycles. The molecule has 0 amide bonds. The van der Waals surface area contributed by atoms with E-state index in [1.165, 1.54) is 57.9 Å². The molecular weight excluding hydrogens is 316 g/mol. The first-order valence-corrected chi connectivity index (χ1v) is 9.72. The van der Waals surface area contributed by atoms with Crippen LogP contribution in [0.2, 0.25) is 0 Å². The highest BCUT2D eigenvalue weighted by Gasteiger charge is 2.09. The summed E-state index contributed by atoms with van der Waals surface area (Å²) in [5, 5.41) is 9.54. The van der Waals surface area contributed by atoms with Gasteiger partial charge in [0.2, 0.25) is 0 Å². The van der Waals surface area contributed by atoms with Crippen molar-refractivity contribution in [2.45, 2.75) is 90.6 Å². The highest BCUT2D eigenvalue weighted by Crippen LogP contribution is 2.10. The number of allylic oxidation sites excluding steroid dienone is 4. The summed E-state index contributed by atoms with van der Waals surface area (Å²) in [6.07, 6.45) is 19.0. The van der Waals surface area contributed by atoms with Gasteiger partial charge >= 0.3 is 5.97 Å². The second kappa shape index (κ2) is 17.4. The van der Waals surface area contributed by atoms with E-state index in [0.29, 0.717) is 0 Å². The molecule has 0 bridgehead atoms. The average Bonchev–Trinajstić information content (AvgIpc) is 2.57. The summed E-state index contributed by atoms with van der Waals surface area (Å²) in [6.45, 7) is 3.32. The lowest BCUT2D eigenvalue weighted by atomic mass is 10.1. The van der Waals surface area contributed by atoms with Crippen LogP contribution in [0.15, 0.2) is 24.3 Å². The largest absolute Gasteiger partial charge is 0.463 e. The van der Waals surface area contributed by atoms with Crippen molar-refractivity contribution in [2.75, 3.05) is 6.61 Å². The third-order valence-electron chi connectivity index (χ3n) is 3.86. The van der Waals surface area contributed by atoms with Crippen molar-refractivity contribution in [3.8, 4) is 0 Å². The molecule has 0 heterocycles. The number of hydrogen-bond donors (Lipinski definition) is 1. The average molecular weight is 353 g/mol. The fourth-order valence-electron chi connectivity index (χ4n) is 2.48. The SMILES string of the molecule is CCC=CCCCCCCCCCC=CC(=O)CC(O)COC(C)=O. The van der Waals surface area contributed by atoms with Crippen molar-refractivity contribution in [1.82, 2.24) is 0 Å². The van der Waals surface area contributed by atoms with Crippen LogP contribution in [0.25, 0.3) is 0 Å². The highest BCUT2D eigenvalue weighted by atomic mass is 16.5. The number of aliphatic hydroxyl groups excluding tert-OH is 1. The molecule has 0 aromatic carbocycles. The molecule has 0 rings (SSSR count). The Balaban J connectivity index is 3.43. The molecule has 1 N–H and O–H groups in total. The van der Waals surface area contributed by atoms with Gasteiger partial charge in [0.25, 0.3) is 0 Å². The Kier molecular flexibility index (Phi) is 16.4. The monoisotopic (exact) mass is 352 g/mol. The van der Waals surface area contributed by atoms with Crippen LogP contribution < -0.4 is 0 Å². The lowest BCUT2D eigenvalue weighted by molar-refractivity contribution is -0.144. The molecule has 1 atom stereocenters. The van der Waals surface area contributed by atoms with Gasteiger partial charge in [0.1, 0.15) is 6.61 Å². The topological polar surface area (TPSA) is 63.6 Å². The van der Waals surface area contributed by atoms with Gasteiger partial charge in [-0.15, -0.1) is 0 Å². The van der Waals surface area contributed by atoms with E-state index >= 15 is 0 Å². The summed E-state index contributed by atoms with van der Waals surface area (Å²) in [4.78, 5) is 22.2. The second-order valence-corrected chi connectivity index (χ2v) is 6.46. The first-order chi connectivity index (χ1) is 12.1. The smallest absolute Gasteiger partial charge is 0.302 e. The van der Waals surface area contributed by atoms with E-state index in [-0.39, 0.29) is 18.8 Å². The fraction of sp³-hybridized carbons (Fsp3) is 0.714. The maximum atomic E-state index is 11.6. The van der Waals surface area contributed by atoms with E-state index in [4.69, 9.17) is 0 Å². The van der Waals surface area contributed by atoms with Gasteiger partial charge in [0.05, 0.1) is 6.10 Å². The zero-order valence-electron chi connectivity index (χ0n) is 16.0. The predicted molar refractivity (Wildman–Crippen MR) is 102 cm³/mol. The Morgan fingerprint density at radius 1 is 0.920 bits per heavy atom. The van der Waals surface area contributed by atoms with Gasteiger partial charge in [-0.05, 0) is 38.2 Å². The Labute approximate surface area is 153 Å². The summed E-state index contributed by atoms with van der Waals surface area (Å²) >= 11 is 0. The van der Waals surface area contributed by atoms with Gasteiger partial charge in [-0.25, -0.2) is 0 Å². The van der Waals surface area contributed by atoms with Crippen LogP contribution in [0.5, 0.6) is 0 Å². The maximum absolute atomic E-state index is 11.6. The van der Waals surface area contributed by atoms with Gasteiger partial charge in [-0.3, -0.25) is 9.59 Å². The molecule has 0 fully saturated rings. The Morgan fingerprint density at radius 3 is 2.04 bits per heavy atom. The first kappa shape index (κ1) is 23.6. The molecule has 0 aliphatic heterocycles. The Bertz CT molecular complexity index is 399. The van der Waals surface area contributed by atoms with Crippen LogP contribution >= 0.6 is 0 Å². The maximum Gasteiger partial charge on any atom is 0.302 e. The van der Waals surface area contributed by atoms with Crippen LogP contribution in [0, 0.1) is 0 Å². The molecule has 0 saturated carbocycles. The minimum absolute atomic E-state index is 0.00275. The fourth-order valence-corrected chi connectivity index (χ4v) is 2.48. The van der Waals surface area contributed by atoms with Gasteiger partial charge in [-0.1, -0.05) is 57.3 Å². The van der Waals surface area contributed by atoms with Crippen LogP contribution in [0.1, 0.15) is 84.5 Å². The molecule has 0 aliphatic rings. The molecular formula is C21H36O4. The normalized spacial score (nSPS) is 12.8. The van der Waals surface area contributed by atoms with E-state index in [1.54, 1.807) is 0 Å². The summed E-state index contributed by atoms with van der Waals surface area (Å²) in [5.74, 6) is -0.577. The van der Waals surface area contributed by atoms with Crippen molar-refractivity contribution in [2.24, 2.45) is 0 Å². The molecule has 144 valence electrons. The lowest BCUT2D eigenvalue weighted by Crippen LogP contribution is -2.20. The number of ketones is 1. The van der Waals surface area contributed by atoms with Crippen molar-refractivity contribution in [3.05, 3.63) is 24.3 Å². The van der Waals surface area contributed by atoms with Gasteiger partial charge < -0.3 is 9.84 Å². The number of ether oxygens (including phenoxy) is 1. The number of unbranched alkanes of at least 4 members (excludes halogenated alkanes) is 8. The Morgan fingerprint density at radius 2 is 1.48 bits per heavy atom. The third kappa shape index (κ3) is 18.8. The minimum Gasteiger partial charge on any atom is -0.463 e. The van der Waals surface area contributed by atoms with E-state index in [1.807, 2.05) is 6.08 Å². The number of aliphatic hydroxyl groups is 1. The molecule has 0 aromatic rings. The molecule has 0 aromatic heterocycles. The van der Waals surface area contributed by atoms with E-state index < -0.39 is 12.1 Å². The molecule has 25 heavy (non-hydrogen) atoms. The van der Waals surface area contributed by atoms with Gasteiger partial charge in [0.15, 0.2) is 5.78 Å². The lowest BCUT2D eigenvalue weighted by Gasteiger charge is -2.07. The second-order valence-electron chi connectivity index (χ2n) is 6.46. The molecule has 0 saturated heterocycles. The summed E-state index contributed by atoms with van der Waals surface area (Å²) in [5.41, 5.74) is 0. The zero-order chi connectivity index (χ0) is 18.8. The van der Waals surface area contributed by atoms with Crippen LogP contribution in [0.3, 0.4) is 0 Å². The first-order valence-electron chi connectivity index (χ1n) is 9.72. The van der Waals surface area contributed by atoms with Crippen LogP contribution in [0.4, 0.5) is 0 Å². The Hall–Kier alpha value is -1.42. The summed E-state index contributed by atoms with van der Waals surface area (Å²) < 4.78 is 4.66. The minimum atomic E-state index is -0.918. The third-order valence-corrected chi connectivity index (χ3v) is 3.86. The summed E-state index contributed by atoms with van der Waals surface area (Å²) in [7, 11) is 0. The number of hydrogen-bond acceptors (Lipinski definition) is 4. The van der Waals surface area contributed by atoms with Crippen molar-refractivity contribution in [3.63, 3.8) is 0 Å². The van der Waals surface area contributed by atoms with E-state index in [2.05, 4.69) is 23.8 Å². The van der Waals surface area contributed by atoms with Crippen LogP contribution in [-0.2, 0) is 14.3 Å². The molecule has 0 radical (unpaired) electrons. The zero-order valence-corrected chi connectivity index (χ0v) is 16.0. The molecule has 4 nitrogen and oxygen atoms in total. The summed E-state index contributed by atoms with van der Waals surface area (Å²) in [6, 6.07) is 0. The van der Waals surface area contributed by atoms with Crippen molar-refractivity contribution in [1.29, 1.82) is 0 Å². The molecule has 0 spiro atoms. The molecule has 1 unspecified atom stereocenters. The number of esters is 1. The quantitative estimate of drug-likeness (QED) is 0.186. The highest BCUT2D eigenvalue weighted by molar-refractivity contribution is 5.89. The van der Waals surface area contributed by atoms with Crippen molar-refractivity contribution < 1.29 is 19.4 Å². The van der Waals surface area contributed by atoms with Gasteiger partial charge in [-0.2, -0.15) is 0 Å². The standard InChI is InChI=1S/C21H36O4/c1-3-4-5-6-7-8-9-10-11-12-13-14-15-16-20(23)17-21(24)18-25-19(2)22/h4-5,15-16,21,24H,3,6-14,17-18H2,1-2H3. The number of carbonyl (C=O) groups is 2. The van der Waals surface area contributed by atoms with E-state index in [9.17, 15) is 14.7 Å². The van der Waals surface area contributed by atoms with Crippen molar-refractivity contribution >= 4 is 11.8 Å². The van der Waals surface area contributed by atoms with Gasteiger partial charge in [0, 0.05) is 13.3 Å². The number of carbonyl (C=O) groups excluding carboxylic acids is 2.